The van der Waals surface area contributed by atoms with Crippen molar-refractivity contribution in [3.63, 3.8) is 0 Å². The smallest absolute Gasteiger partial charge is 0.244 e. The zero-order valence-corrected chi connectivity index (χ0v) is 8.72. The number of hydrogen-bond donors (Lipinski definition) is 0. The number of allylic oxidation sites excluding steroid dienone is 3. The highest BCUT2D eigenvalue weighted by Gasteiger charge is 1.88. The van der Waals surface area contributed by atoms with Gasteiger partial charge in [-0.25, -0.2) is 0 Å². The molecule has 2 heteroatoms. The van der Waals surface area contributed by atoms with Gasteiger partial charge in [0.2, 0.25) is 5.24 Å². The first-order valence-electron chi connectivity index (χ1n) is 4.74. The lowest BCUT2D eigenvalue weighted by Crippen LogP contribution is -1.78. The molecule has 0 heterocycles. The maximum atomic E-state index is 10.3. The summed E-state index contributed by atoms with van der Waals surface area (Å²) >= 11 is 5.12. The van der Waals surface area contributed by atoms with E-state index in [0.29, 0.717) is 0 Å². The van der Waals surface area contributed by atoms with Gasteiger partial charge in [0.25, 0.3) is 0 Å². The number of unbranched alkanes of at least 4 members (excludes halogenated alkanes) is 5. The molecule has 0 bridgehead atoms. The lowest BCUT2D eigenvalue weighted by atomic mass is 10.1. The fourth-order valence-corrected chi connectivity index (χ4v) is 1.17. The third-order valence-electron chi connectivity index (χ3n) is 1.78. The van der Waals surface area contributed by atoms with E-state index in [-0.39, 0.29) is 5.24 Å². The number of carbonyl (C=O) groups is 1. The minimum atomic E-state index is -0.383. The average Bonchev–Trinajstić information content (AvgIpc) is 2.09. The van der Waals surface area contributed by atoms with E-state index in [2.05, 4.69) is 6.58 Å². The van der Waals surface area contributed by atoms with Crippen LogP contribution in [0.5, 0.6) is 0 Å². The first kappa shape index (κ1) is 12.4. The van der Waals surface area contributed by atoms with Crippen molar-refractivity contribution in [2.45, 2.75) is 38.5 Å². The van der Waals surface area contributed by atoms with Crippen LogP contribution >= 0.6 is 11.6 Å². The molecule has 0 N–H and O–H groups in total. The molecule has 0 spiro atoms. The summed E-state index contributed by atoms with van der Waals surface area (Å²) < 4.78 is 0. The van der Waals surface area contributed by atoms with Gasteiger partial charge in [-0.15, -0.1) is 6.58 Å². The van der Waals surface area contributed by atoms with E-state index < -0.39 is 0 Å². The maximum absolute atomic E-state index is 10.3. The standard InChI is InChI=1S/C11H17ClO/c1-2-3-4-5-6-7-8-9-10-11(12)13/h2,9-10H,1,3-8H2. The summed E-state index contributed by atoms with van der Waals surface area (Å²) in [7, 11) is 0. The van der Waals surface area contributed by atoms with Crippen LogP contribution in [0.4, 0.5) is 0 Å². The van der Waals surface area contributed by atoms with Crippen LogP contribution in [-0.2, 0) is 4.79 Å². The highest BCUT2D eigenvalue weighted by Crippen LogP contribution is 2.05. The van der Waals surface area contributed by atoms with Crippen LogP contribution < -0.4 is 0 Å². The van der Waals surface area contributed by atoms with E-state index in [0.717, 1.165) is 19.3 Å². The molecule has 0 aliphatic heterocycles. The van der Waals surface area contributed by atoms with Crippen LogP contribution in [0.2, 0.25) is 0 Å². The third-order valence-corrected chi connectivity index (χ3v) is 1.90. The van der Waals surface area contributed by atoms with Gasteiger partial charge in [-0.05, 0) is 43.4 Å². The second-order valence-electron chi connectivity index (χ2n) is 2.99. The molecule has 0 aromatic heterocycles. The van der Waals surface area contributed by atoms with E-state index >= 15 is 0 Å². The Balaban J connectivity index is 3.07. The number of hydrogen-bond acceptors (Lipinski definition) is 1. The summed E-state index contributed by atoms with van der Waals surface area (Å²) in [6.45, 7) is 3.66. The van der Waals surface area contributed by atoms with Gasteiger partial charge in [-0.2, -0.15) is 0 Å². The fraction of sp³-hybridized carbons (Fsp3) is 0.545. The fourth-order valence-electron chi connectivity index (χ4n) is 1.08. The van der Waals surface area contributed by atoms with Crippen LogP contribution in [0.25, 0.3) is 0 Å². The predicted molar refractivity (Wildman–Crippen MR) is 57.9 cm³/mol. The van der Waals surface area contributed by atoms with Crippen molar-refractivity contribution in [2.24, 2.45) is 0 Å². The zero-order valence-electron chi connectivity index (χ0n) is 7.97. The molecule has 0 saturated carbocycles. The molecule has 0 aliphatic rings. The molecule has 0 fully saturated rings. The Morgan fingerprint density at radius 1 is 1.15 bits per heavy atom. The lowest BCUT2D eigenvalue weighted by molar-refractivity contribution is -0.107. The van der Waals surface area contributed by atoms with Crippen molar-refractivity contribution < 1.29 is 4.79 Å². The van der Waals surface area contributed by atoms with Gasteiger partial charge in [0.05, 0.1) is 0 Å². The number of carbonyl (C=O) groups excluding carboxylic acids is 1. The molecule has 0 radical (unpaired) electrons. The van der Waals surface area contributed by atoms with Crippen molar-refractivity contribution in [1.29, 1.82) is 0 Å². The Labute approximate surface area is 85.5 Å². The molecular weight excluding hydrogens is 184 g/mol. The van der Waals surface area contributed by atoms with E-state index in [9.17, 15) is 4.79 Å². The summed E-state index contributed by atoms with van der Waals surface area (Å²) in [6, 6.07) is 0. The molecule has 0 atom stereocenters. The van der Waals surface area contributed by atoms with E-state index in [1.165, 1.54) is 25.3 Å². The molecular formula is C11H17ClO. The first-order valence-corrected chi connectivity index (χ1v) is 5.12. The number of rotatable bonds is 8. The Bertz CT molecular complexity index is 173. The monoisotopic (exact) mass is 200 g/mol. The first-order chi connectivity index (χ1) is 6.27. The average molecular weight is 201 g/mol. The SMILES string of the molecule is C=CCCCCCCC=CC(=O)Cl. The van der Waals surface area contributed by atoms with Crippen molar-refractivity contribution in [1.82, 2.24) is 0 Å². The topological polar surface area (TPSA) is 17.1 Å². The second-order valence-corrected chi connectivity index (χ2v) is 3.36. The highest BCUT2D eigenvalue weighted by atomic mass is 35.5. The molecule has 0 aliphatic carbocycles. The van der Waals surface area contributed by atoms with Gasteiger partial charge >= 0.3 is 0 Å². The number of halogens is 1. The quantitative estimate of drug-likeness (QED) is 0.252. The van der Waals surface area contributed by atoms with Gasteiger partial charge < -0.3 is 0 Å². The Morgan fingerprint density at radius 3 is 2.31 bits per heavy atom. The maximum Gasteiger partial charge on any atom is 0.244 e. The molecule has 0 aromatic carbocycles. The van der Waals surface area contributed by atoms with Gasteiger partial charge in [-0.1, -0.05) is 25.0 Å². The van der Waals surface area contributed by atoms with Crippen LogP contribution in [0.15, 0.2) is 24.8 Å². The van der Waals surface area contributed by atoms with Crippen molar-refractivity contribution in [2.75, 3.05) is 0 Å². The van der Waals surface area contributed by atoms with Crippen molar-refractivity contribution in [3.05, 3.63) is 24.8 Å². The summed E-state index contributed by atoms with van der Waals surface area (Å²) in [5.41, 5.74) is 0. The second kappa shape index (κ2) is 9.53. The molecule has 13 heavy (non-hydrogen) atoms. The van der Waals surface area contributed by atoms with Crippen LogP contribution in [0.3, 0.4) is 0 Å². The van der Waals surface area contributed by atoms with E-state index in [1.807, 2.05) is 12.2 Å². The zero-order chi connectivity index (χ0) is 9.94. The van der Waals surface area contributed by atoms with Gasteiger partial charge in [0.1, 0.15) is 0 Å². The lowest BCUT2D eigenvalue weighted by Gasteiger charge is -1.95. The van der Waals surface area contributed by atoms with Crippen LogP contribution in [0, 0.1) is 0 Å². The molecule has 0 aromatic rings. The van der Waals surface area contributed by atoms with Gasteiger partial charge in [0, 0.05) is 0 Å². The normalized spacial score (nSPS) is 10.5. The summed E-state index contributed by atoms with van der Waals surface area (Å²) in [5, 5.41) is -0.383. The van der Waals surface area contributed by atoms with Crippen molar-refractivity contribution in [3.8, 4) is 0 Å². The minimum Gasteiger partial charge on any atom is -0.276 e. The van der Waals surface area contributed by atoms with E-state index in [1.54, 1.807) is 0 Å². The van der Waals surface area contributed by atoms with Gasteiger partial charge in [-0.3, -0.25) is 4.79 Å². The van der Waals surface area contributed by atoms with Crippen LogP contribution in [-0.4, -0.2) is 5.24 Å². The van der Waals surface area contributed by atoms with Crippen LogP contribution in [0.1, 0.15) is 38.5 Å². The molecule has 0 amide bonds. The Kier molecular flexibility index (Phi) is 9.12. The Morgan fingerprint density at radius 2 is 1.77 bits per heavy atom. The summed E-state index contributed by atoms with van der Waals surface area (Å²) in [4.78, 5) is 10.3. The molecule has 0 rings (SSSR count). The molecule has 0 unspecified atom stereocenters. The summed E-state index contributed by atoms with van der Waals surface area (Å²) in [6.07, 6.45) is 12.1. The van der Waals surface area contributed by atoms with E-state index in [4.69, 9.17) is 11.6 Å². The molecule has 1 nitrogen and oxygen atoms in total. The summed E-state index contributed by atoms with van der Waals surface area (Å²) in [5.74, 6) is 0. The Hall–Kier alpha value is -0.560. The molecule has 74 valence electrons. The highest BCUT2D eigenvalue weighted by molar-refractivity contribution is 6.66. The third kappa shape index (κ3) is 11.4. The van der Waals surface area contributed by atoms with Crippen molar-refractivity contribution >= 4 is 16.8 Å². The molecule has 0 saturated heterocycles. The largest absolute Gasteiger partial charge is 0.276 e. The van der Waals surface area contributed by atoms with Gasteiger partial charge in [0.15, 0.2) is 0 Å². The predicted octanol–water partition coefficient (Wildman–Crippen LogP) is 3.83. The minimum absolute atomic E-state index is 0.383.